The molecule has 0 bridgehead atoms. The Morgan fingerprint density at radius 3 is 3.14 bits per heavy atom. The van der Waals surface area contributed by atoms with Crippen LogP contribution in [0.1, 0.15) is 24.5 Å². The average molecular weight is 193 g/mol. The number of hydrogen-bond acceptors (Lipinski definition) is 5. The summed E-state index contributed by atoms with van der Waals surface area (Å²) in [5, 5.41) is 3.72. The van der Waals surface area contributed by atoms with Gasteiger partial charge in [-0.2, -0.15) is 4.98 Å². The molecular weight excluding hydrogens is 182 g/mol. The molecule has 0 unspecified atom stereocenters. The minimum atomic E-state index is -0.0515. The van der Waals surface area contributed by atoms with Crippen LogP contribution >= 0.6 is 0 Å². The smallest absolute Gasteiger partial charge is 0.213 e. The second-order valence-corrected chi connectivity index (χ2v) is 3.08. The van der Waals surface area contributed by atoms with Crippen molar-refractivity contribution in [2.24, 2.45) is 5.73 Å². The van der Waals surface area contributed by atoms with E-state index in [1.54, 1.807) is 12.5 Å². The van der Waals surface area contributed by atoms with Crippen LogP contribution in [0.4, 0.5) is 0 Å². The predicted molar refractivity (Wildman–Crippen MR) is 48.2 cm³/mol. The van der Waals surface area contributed by atoms with Gasteiger partial charge in [-0.25, -0.2) is 4.98 Å². The Hall–Kier alpha value is -1.69. The van der Waals surface area contributed by atoms with E-state index in [1.807, 2.05) is 11.5 Å². The maximum atomic E-state index is 5.76. The summed E-state index contributed by atoms with van der Waals surface area (Å²) in [4.78, 5) is 7.95. The van der Waals surface area contributed by atoms with E-state index < -0.39 is 0 Å². The first-order valence-electron chi connectivity index (χ1n) is 4.28. The quantitative estimate of drug-likeness (QED) is 0.759. The van der Waals surface area contributed by atoms with Crippen molar-refractivity contribution in [3.8, 4) is 0 Å². The Balaban J connectivity index is 2.21. The third kappa shape index (κ3) is 1.64. The van der Waals surface area contributed by atoms with E-state index in [9.17, 15) is 0 Å². The van der Waals surface area contributed by atoms with Crippen LogP contribution in [0.15, 0.2) is 23.4 Å². The van der Waals surface area contributed by atoms with Crippen molar-refractivity contribution in [1.29, 1.82) is 0 Å². The highest BCUT2D eigenvalue weighted by Crippen LogP contribution is 2.09. The molecule has 0 aliphatic heterocycles. The molecule has 0 fully saturated rings. The first kappa shape index (κ1) is 8.89. The molecule has 2 aromatic heterocycles. The van der Waals surface area contributed by atoms with Crippen LogP contribution in [0.2, 0.25) is 0 Å². The molecule has 0 saturated carbocycles. The molecular formula is C8H11N5O. The highest BCUT2D eigenvalue weighted by atomic mass is 16.5. The maximum absolute atomic E-state index is 5.76. The van der Waals surface area contributed by atoms with Crippen molar-refractivity contribution in [2.75, 3.05) is 0 Å². The highest BCUT2D eigenvalue weighted by molar-refractivity contribution is 5.04. The van der Waals surface area contributed by atoms with Gasteiger partial charge in [0.1, 0.15) is 0 Å². The zero-order valence-corrected chi connectivity index (χ0v) is 7.79. The van der Waals surface area contributed by atoms with Gasteiger partial charge in [-0.1, -0.05) is 5.16 Å². The topological polar surface area (TPSA) is 82.8 Å². The minimum absolute atomic E-state index is 0.0515. The summed E-state index contributed by atoms with van der Waals surface area (Å²) in [6.45, 7) is 2.44. The molecule has 2 heterocycles. The standard InChI is InChI=1S/C8H11N5O/c1-6(9)7-2-10-4-13(7)3-8-11-5-14-12-8/h2,4-6H,3,9H2,1H3/t6-/m1/s1. The van der Waals surface area contributed by atoms with Crippen molar-refractivity contribution in [2.45, 2.75) is 19.5 Å². The van der Waals surface area contributed by atoms with Crippen LogP contribution in [0.25, 0.3) is 0 Å². The maximum Gasteiger partial charge on any atom is 0.213 e. The van der Waals surface area contributed by atoms with Crippen LogP contribution in [0, 0.1) is 0 Å². The summed E-state index contributed by atoms with van der Waals surface area (Å²) in [6, 6.07) is -0.0515. The van der Waals surface area contributed by atoms with Crippen molar-refractivity contribution in [3.05, 3.63) is 30.4 Å². The molecule has 2 N–H and O–H groups in total. The van der Waals surface area contributed by atoms with E-state index >= 15 is 0 Å². The van der Waals surface area contributed by atoms with Crippen LogP contribution in [-0.2, 0) is 6.54 Å². The summed E-state index contributed by atoms with van der Waals surface area (Å²) < 4.78 is 6.54. The highest BCUT2D eigenvalue weighted by Gasteiger charge is 2.08. The zero-order chi connectivity index (χ0) is 9.97. The second-order valence-electron chi connectivity index (χ2n) is 3.08. The molecule has 0 amide bonds. The molecule has 74 valence electrons. The largest absolute Gasteiger partial charge is 0.343 e. The van der Waals surface area contributed by atoms with Gasteiger partial charge < -0.3 is 14.8 Å². The Bertz CT molecular complexity index is 392. The Kier molecular flexibility index (Phi) is 2.28. The lowest BCUT2D eigenvalue weighted by Gasteiger charge is -2.07. The normalized spacial score (nSPS) is 13.0. The molecule has 2 rings (SSSR count). The average Bonchev–Trinajstić information content (AvgIpc) is 2.75. The van der Waals surface area contributed by atoms with E-state index in [4.69, 9.17) is 5.73 Å². The van der Waals surface area contributed by atoms with Gasteiger partial charge in [0.2, 0.25) is 6.39 Å². The number of nitrogens with two attached hydrogens (primary N) is 1. The first-order valence-corrected chi connectivity index (χ1v) is 4.28. The Labute approximate surface area is 80.7 Å². The van der Waals surface area contributed by atoms with Crippen molar-refractivity contribution < 1.29 is 4.52 Å². The third-order valence-electron chi connectivity index (χ3n) is 1.93. The monoisotopic (exact) mass is 193 g/mol. The summed E-state index contributed by atoms with van der Waals surface area (Å²) >= 11 is 0. The predicted octanol–water partition coefficient (Wildman–Crippen LogP) is 0.334. The number of nitrogens with zero attached hydrogens (tertiary/aromatic N) is 4. The van der Waals surface area contributed by atoms with Gasteiger partial charge in [0, 0.05) is 12.2 Å². The lowest BCUT2D eigenvalue weighted by atomic mass is 10.3. The molecule has 0 spiro atoms. The number of rotatable bonds is 3. The van der Waals surface area contributed by atoms with E-state index in [0.717, 1.165) is 5.69 Å². The molecule has 0 saturated heterocycles. The van der Waals surface area contributed by atoms with E-state index in [-0.39, 0.29) is 6.04 Å². The Morgan fingerprint density at radius 1 is 1.64 bits per heavy atom. The van der Waals surface area contributed by atoms with Gasteiger partial charge in [-0.3, -0.25) is 0 Å². The molecule has 6 heteroatoms. The number of hydrogen-bond donors (Lipinski definition) is 1. The summed E-state index contributed by atoms with van der Waals surface area (Å²) in [5.41, 5.74) is 6.72. The fourth-order valence-corrected chi connectivity index (χ4v) is 1.26. The molecule has 0 aliphatic carbocycles. The summed E-state index contributed by atoms with van der Waals surface area (Å²) in [5.74, 6) is 0.616. The van der Waals surface area contributed by atoms with Crippen molar-refractivity contribution in [3.63, 3.8) is 0 Å². The molecule has 2 aromatic rings. The molecule has 1 atom stereocenters. The fourth-order valence-electron chi connectivity index (χ4n) is 1.26. The van der Waals surface area contributed by atoms with Gasteiger partial charge in [-0.05, 0) is 6.92 Å². The number of imidazole rings is 1. The van der Waals surface area contributed by atoms with E-state index in [2.05, 4.69) is 19.6 Å². The third-order valence-corrected chi connectivity index (χ3v) is 1.93. The SMILES string of the molecule is C[C@@H](N)c1cncn1Cc1ncon1. The van der Waals surface area contributed by atoms with Gasteiger partial charge >= 0.3 is 0 Å². The van der Waals surface area contributed by atoms with Crippen LogP contribution in [-0.4, -0.2) is 19.7 Å². The summed E-state index contributed by atoms with van der Waals surface area (Å²) in [7, 11) is 0. The van der Waals surface area contributed by atoms with Crippen molar-refractivity contribution in [1.82, 2.24) is 19.7 Å². The number of aromatic nitrogens is 4. The summed E-state index contributed by atoms with van der Waals surface area (Å²) in [6.07, 6.45) is 4.75. The Morgan fingerprint density at radius 2 is 2.50 bits per heavy atom. The van der Waals surface area contributed by atoms with Gasteiger partial charge in [0.25, 0.3) is 0 Å². The molecule has 14 heavy (non-hydrogen) atoms. The van der Waals surface area contributed by atoms with E-state index in [1.165, 1.54) is 6.39 Å². The molecule has 6 nitrogen and oxygen atoms in total. The molecule has 0 aromatic carbocycles. The van der Waals surface area contributed by atoms with E-state index in [0.29, 0.717) is 12.4 Å². The van der Waals surface area contributed by atoms with Crippen LogP contribution < -0.4 is 5.73 Å². The molecule has 0 radical (unpaired) electrons. The molecule has 0 aliphatic rings. The lowest BCUT2D eigenvalue weighted by molar-refractivity contribution is 0.407. The van der Waals surface area contributed by atoms with Gasteiger partial charge in [-0.15, -0.1) is 0 Å². The minimum Gasteiger partial charge on any atom is -0.343 e. The first-order chi connectivity index (χ1) is 6.77. The van der Waals surface area contributed by atoms with Crippen LogP contribution in [0.3, 0.4) is 0 Å². The second kappa shape index (κ2) is 3.59. The van der Waals surface area contributed by atoms with Crippen molar-refractivity contribution >= 4 is 0 Å². The van der Waals surface area contributed by atoms with Gasteiger partial charge in [0.05, 0.1) is 18.6 Å². The van der Waals surface area contributed by atoms with Gasteiger partial charge in [0.15, 0.2) is 5.82 Å². The zero-order valence-electron chi connectivity index (χ0n) is 7.79. The fraction of sp³-hybridized carbons (Fsp3) is 0.375. The lowest BCUT2D eigenvalue weighted by Crippen LogP contribution is -2.12. The van der Waals surface area contributed by atoms with Crippen LogP contribution in [0.5, 0.6) is 0 Å².